The monoisotopic (exact) mass is 218 g/mol. The Labute approximate surface area is 93.2 Å². The molecule has 1 heterocycles. The number of fused-ring (bicyclic) bond motifs is 1. The Balaban J connectivity index is 3.01. The summed E-state index contributed by atoms with van der Waals surface area (Å²) in [6.07, 6.45) is 1.48. The highest BCUT2D eigenvalue weighted by Gasteiger charge is 2.12. The van der Waals surface area contributed by atoms with Gasteiger partial charge in [-0.25, -0.2) is 4.98 Å². The standard InChI is InChI=1S/C12H14N2O2/c1-4-14-6-13-10-9(12(14)16)7(2)5-8(3)11(10)15/h5-6,15H,4H2,1-3H3. The molecule has 0 aliphatic rings. The first-order chi connectivity index (χ1) is 7.56. The summed E-state index contributed by atoms with van der Waals surface area (Å²) in [6, 6.07) is 1.81. The van der Waals surface area contributed by atoms with E-state index in [9.17, 15) is 9.90 Å². The summed E-state index contributed by atoms with van der Waals surface area (Å²) in [7, 11) is 0. The van der Waals surface area contributed by atoms with Crippen LogP contribution in [0, 0.1) is 13.8 Å². The number of hydrogen-bond acceptors (Lipinski definition) is 3. The molecule has 0 saturated heterocycles. The summed E-state index contributed by atoms with van der Waals surface area (Å²) < 4.78 is 1.53. The smallest absolute Gasteiger partial charge is 0.261 e. The van der Waals surface area contributed by atoms with Gasteiger partial charge in [0.25, 0.3) is 5.56 Å². The molecule has 0 bridgehead atoms. The van der Waals surface area contributed by atoms with E-state index in [4.69, 9.17) is 0 Å². The van der Waals surface area contributed by atoms with Crippen molar-refractivity contribution in [2.75, 3.05) is 0 Å². The molecule has 16 heavy (non-hydrogen) atoms. The van der Waals surface area contributed by atoms with Gasteiger partial charge in [-0.15, -0.1) is 0 Å². The molecule has 0 amide bonds. The topological polar surface area (TPSA) is 55.1 Å². The summed E-state index contributed by atoms with van der Waals surface area (Å²) in [5.74, 6) is 0.0981. The third kappa shape index (κ3) is 1.38. The highest BCUT2D eigenvalue weighted by atomic mass is 16.3. The maximum atomic E-state index is 12.1. The normalized spacial score (nSPS) is 10.9. The van der Waals surface area contributed by atoms with Gasteiger partial charge in [-0.2, -0.15) is 0 Å². The zero-order valence-electron chi connectivity index (χ0n) is 9.61. The number of phenols is 1. The van der Waals surface area contributed by atoms with E-state index < -0.39 is 0 Å². The van der Waals surface area contributed by atoms with Crippen molar-refractivity contribution in [3.05, 3.63) is 33.9 Å². The zero-order chi connectivity index (χ0) is 11.9. The molecule has 0 fully saturated rings. The van der Waals surface area contributed by atoms with E-state index in [-0.39, 0.29) is 11.3 Å². The van der Waals surface area contributed by atoms with E-state index >= 15 is 0 Å². The molecule has 0 unspecified atom stereocenters. The van der Waals surface area contributed by atoms with Gasteiger partial charge in [0.1, 0.15) is 11.3 Å². The summed E-state index contributed by atoms with van der Waals surface area (Å²) >= 11 is 0. The SMILES string of the molecule is CCn1cnc2c(O)c(C)cc(C)c2c1=O. The van der Waals surface area contributed by atoms with Crippen molar-refractivity contribution < 1.29 is 5.11 Å². The van der Waals surface area contributed by atoms with Crippen molar-refractivity contribution in [1.29, 1.82) is 0 Å². The van der Waals surface area contributed by atoms with E-state index in [1.807, 2.05) is 13.8 Å². The van der Waals surface area contributed by atoms with Crippen molar-refractivity contribution in [2.45, 2.75) is 27.3 Å². The third-order valence-electron chi connectivity index (χ3n) is 2.80. The molecule has 4 heteroatoms. The van der Waals surface area contributed by atoms with E-state index in [1.54, 1.807) is 13.0 Å². The molecule has 0 aliphatic heterocycles. The maximum Gasteiger partial charge on any atom is 0.261 e. The second-order valence-electron chi connectivity index (χ2n) is 3.92. The molecule has 0 radical (unpaired) electrons. The van der Waals surface area contributed by atoms with Crippen molar-refractivity contribution in [1.82, 2.24) is 9.55 Å². The number of aryl methyl sites for hydroxylation is 3. The molecule has 0 atom stereocenters. The second kappa shape index (κ2) is 3.63. The van der Waals surface area contributed by atoms with Crippen molar-refractivity contribution in [2.24, 2.45) is 0 Å². The van der Waals surface area contributed by atoms with Crippen LogP contribution in [0.25, 0.3) is 10.9 Å². The molecule has 1 aromatic heterocycles. The van der Waals surface area contributed by atoms with Crippen LogP contribution in [0.5, 0.6) is 5.75 Å². The van der Waals surface area contributed by atoms with Crippen LogP contribution in [0.1, 0.15) is 18.1 Å². The third-order valence-corrected chi connectivity index (χ3v) is 2.80. The minimum atomic E-state index is -0.0969. The molecule has 0 aliphatic carbocycles. The van der Waals surface area contributed by atoms with Gasteiger partial charge < -0.3 is 5.11 Å². The molecule has 4 nitrogen and oxygen atoms in total. The number of aromatic hydroxyl groups is 1. The van der Waals surface area contributed by atoms with Crippen LogP contribution in [0.2, 0.25) is 0 Å². The number of rotatable bonds is 1. The van der Waals surface area contributed by atoms with Crippen molar-refractivity contribution >= 4 is 10.9 Å². The number of aromatic nitrogens is 2. The Bertz CT molecular complexity index is 614. The van der Waals surface area contributed by atoms with E-state index in [0.717, 1.165) is 11.1 Å². The Morgan fingerprint density at radius 1 is 1.38 bits per heavy atom. The van der Waals surface area contributed by atoms with Gasteiger partial charge in [0.05, 0.1) is 11.7 Å². The van der Waals surface area contributed by atoms with E-state index in [0.29, 0.717) is 17.4 Å². The van der Waals surface area contributed by atoms with Crippen LogP contribution < -0.4 is 5.56 Å². The van der Waals surface area contributed by atoms with E-state index in [2.05, 4.69) is 4.98 Å². The van der Waals surface area contributed by atoms with E-state index in [1.165, 1.54) is 10.9 Å². The fourth-order valence-corrected chi connectivity index (χ4v) is 1.90. The second-order valence-corrected chi connectivity index (χ2v) is 3.92. The molecule has 84 valence electrons. The van der Waals surface area contributed by atoms with Gasteiger partial charge >= 0.3 is 0 Å². The molecule has 2 aromatic rings. The summed E-state index contributed by atoms with van der Waals surface area (Å²) in [5.41, 5.74) is 1.89. The van der Waals surface area contributed by atoms with Crippen LogP contribution in [0.15, 0.2) is 17.2 Å². The first kappa shape index (κ1) is 10.7. The molecule has 0 saturated carbocycles. The van der Waals surface area contributed by atoms with Crippen LogP contribution in [0.4, 0.5) is 0 Å². The van der Waals surface area contributed by atoms with Crippen LogP contribution in [-0.4, -0.2) is 14.7 Å². The van der Waals surface area contributed by atoms with Crippen molar-refractivity contribution in [3.8, 4) is 5.75 Å². The fraction of sp³-hybridized carbons (Fsp3) is 0.333. The average Bonchev–Trinajstić information content (AvgIpc) is 2.25. The maximum absolute atomic E-state index is 12.1. The highest BCUT2D eigenvalue weighted by molar-refractivity contribution is 5.87. The largest absolute Gasteiger partial charge is 0.505 e. The molecular weight excluding hydrogens is 204 g/mol. The van der Waals surface area contributed by atoms with Gasteiger partial charge in [-0.3, -0.25) is 9.36 Å². The molecular formula is C12H14N2O2. The molecule has 2 rings (SSSR count). The molecule has 1 aromatic carbocycles. The fourth-order valence-electron chi connectivity index (χ4n) is 1.90. The number of hydrogen-bond donors (Lipinski definition) is 1. The summed E-state index contributed by atoms with van der Waals surface area (Å²) in [6.45, 7) is 6.13. The lowest BCUT2D eigenvalue weighted by Gasteiger charge is -2.08. The molecule has 1 N–H and O–H groups in total. The van der Waals surface area contributed by atoms with Gasteiger partial charge in [0.2, 0.25) is 0 Å². The lowest BCUT2D eigenvalue weighted by Crippen LogP contribution is -2.20. The summed E-state index contributed by atoms with van der Waals surface area (Å²) in [5, 5.41) is 10.4. The highest BCUT2D eigenvalue weighted by Crippen LogP contribution is 2.26. The first-order valence-electron chi connectivity index (χ1n) is 5.24. The predicted octanol–water partition coefficient (Wildman–Crippen LogP) is 1.74. The van der Waals surface area contributed by atoms with Crippen LogP contribution in [0.3, 0.4) is 0 Å². The Kier molecular flexibility index (Phi) is 2.42. The van der Waals surface area contributed by atoms with Gasteiger partial charge in [0.15, 0.2) is 0 Å². The lowest BCUT2D eigenvalue weighted by molar-refractivity contribution is 0.475. The van der Waals surface area contributed by atoms with Gasteiger partial charge in [0, 0.05) is 6.54 Å². The first-order valence-corrected chi connectivity index (χ1v) is 5.24. The summed E-state index contributed by atoms with van der Waals surface area (Å²) in [4.78, 5) is 16.2. The predicted molar refractivity (Wildman–Crippen MR) is 62.8 cm³/mol. The van der Waals surface area contributed by atoms with Crippen LogP contribution in [-0.2, 0) is 6.54 Å². The number of phenolic OH excluding ortho intramolecular Hbond substituents is 1. The quantitative estimate of drug-likeness (QED) is 0.793. The lowest BCUT2D eigenvalue weighted by atomic mass is 10.1. The Morgan fingerprint density at radius 3 is 2.69 bits per heavy atom. The van der Waals surface area contributed by atoms with Crippen LogP contribution >= 0.6 is 0 Å². The number of benzene rings is 1. The van der Waals surface area contributed by atoms with Gasteiger partial charge in [-0.05, 0) is 31.9 Å². The average molecular weight is 218 g/mol. The molecule has 0 spiro atoms. The Morgan fingerprint density at radius 2 is 2.06 bits per heavy atom. The van der Waals surface area contributed by atoms with Gasteiger partial charge in [-0.1, -0.05) is 6.07 Å². The number of nitrogens with zero attached hydrogens (tertiary/aromatic N) is 2. The Hall–Kier alpha value is -1.84. The minimum absolute atomic E-state index is 0.0969. The minimum Gasteiger partial charge on any atom is -0.505 e. The van der Waals surface area contributed by atoms with Crippen molar-refractivity contribution in [3.63, 3.8) is 0 Å². The zero-order valence-corrected chi connectivity index (χ0v) is 9.61.